The van der Waals surface area contributed by atoms with Crippen molar-refractivity contribution in [1.82, 2.24) is 9.55 Å². The van der Waals surface area contributed by atoms with Crippen LogP contribution in [0.1, 0.15) is 28.5 Å². The highest BCUT2D eigenvalue weighted by Crippen LogP contribution is 2.35. The number of phenolic OH excluding ortho intramolecular Hbond substituents is 1. The second-order valence-corrected chi connectivity index (χ2v) is 7.54. The number of benzene rings is 1. The number of aromatic hydroxyl groups is 1. The number of pyridine rings is 1. The Balaban J connectivity index is 2.22. The highest BCUT2D eigenvalue weighted by atomic mass is 79.9. The first-order valence-electron chi connectivity index (χ1n) is 8.16. The fourth-order valence-corrected chi connectivity index (χ4v) is 4.33. The van der Waals surface area contributed by atoms with E-state index in [1.807, 2.05) is 13.0 Å². The van der Waals surface area contributed by atoms with Crippen molar-refractivity contribution in [2.45, 2.75) is 19.9 Å². The fourth-order valence-electron chi connectivity index (χ4n) is 3.15. The van der Waals surface area contributed by atoms with E-state index in [2.05, 4.69) is 41.4 Å². The lowest BCUT2D eigenvalue weighted by Gasteiger charge is -2.10. The summed E-state index contributed by atoms with van der Waals surface area (Å²) in [5.41, 5.74) is 3.04. The summed E-state index contributed by atoms with van der Waals surface area (Å²) in [5, 5.41) is 10.8. The minimum absolute atomic E-state index is 0.0731. The third-order valence-corrected chi connectivity index (χ3v) is 5.54. The number of hydrogen-bond acceptors (Lipinski definition) is 4. The molecule has 0 unspecified atom stereocenters. The molecule has 0 radical (unpaired) electrons. The number of ketones is 1. The predicted molar refractivity (Wildman–Crippen MR) is 108 cm³/mol. The van der Waals surface area contributed by atoms with Gasteiger partial charge in [-0.2, -0.15) is 0 Å². The van der Waals surface area contributed by atoms with E-state index in [-0.39, 0.29) is 11.5 Å². The van der Waals surface area contributed by atoms with Crippen molar-refractivity contribution >= 4 is 48.5 Å². The second-order valence-electron chi connectivity index (χ2n) is 5.83. The molecular formula is C19H18Br2N2O3. The normalized spacial score (nSPS) is 11.2. The van der Waals surface area contributed by atoms with Gasteiger partial charge in [0, 0.05) is 36.5 Å². The van der Waals surface area contributed by atoms with Crippen molar-refractivity contribution in [2.24, 2.45) is 0 Å². The van der Waals surface area contributed by atoms with E-state index in [4.69, 9.17) is 4.74 Å². The Kier molecular flexibility index (Phi) is 5.79. The zero-order valence-electron chi connectivity index (χ0n) is 14.4. The molecule has 3 aromatic rings. The number of rotatable bonds is 6. The zero-order chi connectivity index (χ0) is 18.8. The van der Waals surface area contributed by atoms with Gasteiger partial charge in [-0.25, -0.2) is 0 Å². The van der Waals surface area contributed by atoms with Gasteiger partial charge < -0.3 is 14.4 Å². The van der Waals surface area contributed by atoms with Crippen LogP contribution in [0.5, 0.6) is 5.75 Å². The molecule has 1 aromatic carbocycles. The lowest BCUT2D eigenvalue weighted by molar-refractivity contribution is 0.103. The number of phenols is 1. The van der Waals surface area contributed by atoms with Crippen molar-refractivity contribution in [3.8, 4) is 5.75 Å². The number of hydrogen-bond donors (Lipinski definition) is 1. The van der Waals surface area contributed by atoms with Crippen molar-refractivity contribution < 1.29 is 14.6 Å². The lowest BCUT2D eigenvalue weighted by atomic mass is 9.99. The topological polar surface area (TPSA) is 64.3 Å². The summed E-state index contributed by atoms with van der Waals surface area (Å²) >= 11 is 6.60. The van der Waals surface area contributed by atoms with Crippen LogP contribution in [-0.4, -0.2) is 34.2 Å². The molecule has 0 aliphatic rings. The molecular weight excluding hydrogens is 464 g/mol. The van der Waals surface area contributed by atoms with Gasteiger partial charge in [0.15, 0.2) is 5.78 Å². The van der Waals surface area contributed by atoms with Crippen molar-refractivity contribution in [3.05, 3.63) is 56.4 Å². The molecule has 0 spiro atoms. The maximum absolute atomic E-state index is 13.4. The summed E-state index contributed by atoms with van der Waals surface area (Å²) in [6.45, 7) is 3.23. The van der Waals surface area contributed by atoms with Crippen molar-refractivity contribution in [2.75, 3.05) is 13.7 Å². The number of ether oxygens (including phenoxy) is 1. The predicted octanol–water partition coefficient (Wildman–Crippen LogP) is 4.71. The van der Waals surface area contributed by atoms with Gasteiger partial charge in [-0.3, -0.25) is 9.78 Å². The van der Waals surface area contributed by atoms with E-state index in [9.17, 15) is 9.90 Å². The van der Waals surface area contributed by atoms with Gasteiger partial charge >= 0.3 is 0 Å². The minimum Gasteiger partial charge on any atom is -0.506 e. The van der Waals surface area contributed by atoms with Crippen LogP contribution in [0.25, 0.3) is 10.9 Å². The van der Waals surface area contributed by atoms with Crippen LogP contribution < -0.4 is 0 Å². The minimum atomic E-state index is -0.0874. The van der Waals surface area contributed by atoms with E-state index in [0.717, 1.165) is 16.6 Å². The van der Waals surface area contributed by atoms with Crippen LogP contribution >= 0.6 is 31.9 Å². The number of methoxy groups -OCH3 is 1. The van der Waals surface area contributed by atoms with Gasteiger partial charge in [0.2, 0.25) is 0 Å². The summed E-state index contributed by atoms with van der Waals surface area (Å²) < 4.78 is 8.27. The van der Waals surface area contributed by atoms with Crippen LogP contribution in [-0.2, 0) is 17.7 Å². The maximum atomic E-state index is 13.4. The first-order valence-corrected chi connectivity index (χ1v) is 9.74. The number of nitrogens with zero attached hydrogens (tertiary/aromatic N) is 2. The summed E-state index contributed by atoms with van der Waals surface area (Å²) in [6.07, 6.45) is 4.19. The van der Waals surface area contributed by atoms with E-state index in [1.165, 1.54) is 0 Å². The summed E-state index contributed by atoms with van der Waals surface area (Å²) in [6, 6.07) is 5.15. The van der Waals surface area contributed by atoms with Gasteiger partial charge in [-0.1, -0.05) is 6.92 Å². The molecule has 0 saturated heterocycles. The van der Waals surface area contributed by atoms with E-state index < -0.39 is 0 Å². The summed E-state index contributed by atoms with van der Waals surface area (Å²) in [4.78, 5) is 17.6. The Labute approximate surface area is 168 Å². The maximum Gasteiger partial charge on any atom is 0.195 e. The fraction of sp³-hybridized carbons (Fsp3) is 0.263. The quantitative estimate of drug-likeness (QED) is 0.518. The molecule has 7 heteroatoms. The third-order valence-electron chi connectivity index (χ3n) is 4.33. The molecule has 0 atom stereocenters. The van der Waals surface area contributed by atoms with Crippen LogP contribution in [0.4, 0.5) is 0 Å². The van der Waals surface area contributed by atoms with Gasteiger partial charge in [0.1, 0.15) is 5.75 Å². The molecule has 136 valence electrons. The number of halogens is 2. The molecule has 0 saturated carbocycles. The van der Waals surface area contributed by atoms with Gasteiger partial charge in [0.05, 0.1) is 32.8 Å². The Hall–Kier alpha value is -1.70. The Morgan fingerprint density at radius 2 is 2.00 bits per heavy atom. The van der Waals surface area contributed by atoms with E-state index >= 15 is 0 Å². The number of aromatic nitrogens is 2. The van der Waals surface area contributed by atoms with Crippen LogP contribution in [0, 0.1) is 0 Å². The standard InChI is InChI=1S/C19H18Br2N2O3/c1-3-15-17(18(24)11-8-13(20)19(25)14(21)9-11)12-4-5-22-10-16(12)23(15)6-7-26-2/h4-5,8-10,25H,3,6-7H2,1-2H3. The van der Waals surface area contributed by atoms with Gasteiger partial charge in [-0.15, -0.1) is 0 Å². The average Bonchev–Trinajstić information content (AvgIpc) is 2.96. The number of fused-ring (bicyclic) bond motifs is 1. The molecule has 5 nitrogen and oxygen atoms in total. The van der Waals surface area contributed by atoms with Crippen molar-refractivity contribution in [1.29, 1.82) is 0 Å². The SMILES string of the molecule is CCc1c(C(=O)c2cc(Br)c(O)c(Br)c2)c2ccncc2n1CCOC. The highest BCUT2D eigenvalue weighted by molar-refractivity contribution is 9.11. The molecule has 2 heterocycles. The van der Waals surface area contributed by atoms with Gasteiger partial charge in [-0.05, 0) is 56.5 Å². The molecule has 0 aliphatic heterocycles. The Morgan fingerprint density at radius 1 is 1.31 bits per heavy atom. The third kappa shape index (κ3) is 3.31. The van der Waals surface area contributed by atoms with E-state index in [0.29, 0.717) is 39.6 Å². The van der Waals surface area contributed by atoms with Crippen molar-refractivity contribution in [3.63, 3.8) is 0 Å². The zero-order valence-corrected chi connectivity index (χ0v) is 17.6. The highest BCUT2D eigenvalue weighted by Gasteiger charge is 2.23. The van der Waals surface area contributed by atoms with Gasteiger partial charge in [0.25, 0.3) is 0 Å². The Bertz CT molecular complexity index is 959. The Morgan fingerprint density at radius 3 is 2.62 bits per heavy atom. The van der Waals surface area contributed by atoms with Crippen LogP contribution in [0.2, 0.25) is 0 Å². The summed E-state index contributed by atoms with van der Waals surface area (Å²) in [5.74, 6) is -0.0143. The lowest BCUT2D eigenvalue weighted by Crippen LogP contribution is -2.10. The molecule has 0 amide bonds. The molecule has 1 N–H and O–H groups in total. The monoisotopic (exact) mass is 480 g/mol. The smallest absolute Gasteiger partial charge is 0.195 e. The molecule has 2 aromatic heterocycles. The molecule has 26 heavy (non-hydrogen) atoms. The first kappa shape index (κ1) is 19.1. The number of carbonyl (C=O) groups excluding carboxylic acids is 1. The summed E-state index contributed by atoms with van der Waals surface area (Å²) in [7, 11) is 1.66. The molecule has 0 aliphatic carbocycles. The van der Waals surface area contributed by atoms with E-state index in [1.54, 1.807) is 31.6 Å². The van der Waals surface area contributed by atoms with Crippen LogP contribution in [0.3, 0.4) is 0 Å². The molecule has 0 fully saturated rings. The molecule has 3 rings (SSSR count). The average molecular weight is 482 g/mol. The molecule has 0 bridgehead atoms. The number of carbonyl (C=O) groups is 1. The second kappa shape index (κ2) is 7.90. The first-order chi connectivity index (χ1) is 12.5. The van der Waals surface area contributed by atoms with Crippen LogP contribution in [0.15, 0.2) is 39.5 Å². The largest absolute Gasteiger partial charge is 0.506 e.